The fraction of sp³-hybridized carbons (Fsp3) is 0.0714. The highest BCUT2D eigenvalue weighted by Gasteiger charge is 2.19. The highest BCUT2D eigenvalue weighted by molar-refractivity contribution is 9.10. The van der Waals surface area contributed by atoms with E-state index in [9.17, 15) is 0 Å². The number of benzene rings is 1. The van der Waals surface area contributed by atoms with Crippen molar-refractivity contribution in [1.82, 2.24) is 5.16 Å². The van der Waals surface area contributed by atoms with Crippen LogP contribution in [0.15, 0.2) is 44.7 Å². The molecule has 0 saturated carbocycles. The monoisotopic (exact) mass is 350 g/mol. The van der Waals surface area contributed by atoms with Crippen LogP contribution in [-0.2, 0) is 0 Å². The van der Waals surface area contributed by atoms with Crippen LogP contribution >= 0.6 is 27.3 Å². The maximum absolute atomic E-state index is 5.93. The van der Waals surface area contributed by atoms with Crippen molar-refractivity contribution in [2.75, 3.05) is 12.8 Å². The summed E-state index contributed by atoms with van der Waals surface area (Å²) in [5.41, 5.74) is 7.65. The summed E-state index contributed by atoms with van der Waals surface area (Å²) in [4.78, 5) is 1.03. The number of nitrogens with two attached hydrogens (primary N) is 1. The van der Waals surface area contributed by atoms with Crippen molar-refractivity contribution >= 4 is 33.1 Å². The van der Waals surface area contributed by atoms with Crippen molar-refractivity contribution in [2.24, 2.45) is 0 Å². The summed E-state index contributed by atoms with van der Waals surface area (Å²) in [6.07, 6.45) is 0. The number of thiophene rings is 1. The zero-order valence-corrected chi connectivity index (χ0v) is 13.0. The lowest BCUT2D eigenvalue weighted by atomic mass is 10.1. The number of aromatic nitrogens is 1. The molecule has 0 aliphatic heterocycles. The minimum absolute atomic E-state index is 0.398. The van der Waals surface area contributed by atoms with Gasteiger partial charge in [-0.1, -0.05) is 11.2 Å². The number of rotatable bonds is 3. The number of methoxy groups -OCH3 is 1. The summed E-state index contributed by atoms with van der Waals surface area (Å²) in [6, 6.07) is 9.68. The second-order valence-electron chi connectivity index (χ2n) is 4.10. The molecular formula is C14H11BrN2O2S. The molecule has 6 heteroatoms. The lowest BCUT2D eigenvalue weighted by Gasteiger charge is -2.05. The van der Waals surface area contributed by atoms with Crippen LogP contribution in [0.4, 0.5) is 5.82 Å². The van der Waals surface area contributed by atoms with Gasteiger partial charge >= 0.3 is 0 Å². The van der Waals surface area contributed by atoms with Crippen LogP contribution in [0.5, 0.6) is 5.75 Å². The first-order valence-corrected chi connectivity index (χ1v) is 7.51. The Labute approximate surface area is 128 Å². The molecule has 0 radical (unpaired) electrons. The molecule has 0 atom stereocenters. The Balaban J connectivity index is 2.14. The molecule has 0 saturated heterocycles. The van der Waals surface area contributed by atoms with Gasteiger partial charge in [0.15, 0.2) is 11.6 Å². The Morgan fingerprint density at radius 3 is 2.85 bits per heavy atom. The SMILES string of the molecule is COc1ccc(-c2onc(N)c2-c2cccs2)cc1Br. The summed E-state index contributed by atoms with van der Waals surface area (Å²) < 4.78 is 11.5. The zero-order chi connectivity index (χ0) is 14.1. The van der Waals surface area contributed by atoms with Crippen molar-refractivity contribution in [3.8, 4) is 27.5 Å². The van der Waals surface area contributed by atoms with Crippen molar-refractivity contribution in [2.45, 2.75) is 0 Å². The third-order valence-corrected chi connectivity index (χ3v) is 4.41. The van der Waals surface area contributed by atoms with Crippen LogP contribution in [-0.4, -0.2) is 12.3 Å². The van der Waals surface area contributed by atoms with Gasteiger partial charge in [0.1, 0.15) is 5.75 Å². The molecule has 0 amide bonds. The molecular weight excluding hydrogens is 340 g/mol. The van der Waals surface area contributed by atoms with E-state index in [2.05, 4.69) is 21.1 Å². The molecule has 102 valence electrons. The van der Waals surface area contributed by atoms with Gasteiger partial charge in [-0.15, -0.1) is 11.3 Å². The van der Waals surface area contributed by atoms with Crippen LogP contribution in [0.3, 0.4) is 0 Å². The van der Waals surface area contributed by atoms with Crippen molar-refractivity contribution < 1.29 is 9.26 Å². The summed E-state index contributed by atoms with van der Waals surface area (Å²) in [5.74, 6) is 1.82. The Kier molecular flexibility index (Phi) is 3.50. The number of hydrogen-bond donors (Lipinski definition) is 1. The van der Waals surface area contributed by atoms with Crippen LogP contribution in [0.2, 0.25) is 0 Å². The highest BCUT2D eigenvalue weighted by Crippen LogP contribution is 2.40. The minimum Gasteiger partial charge on any atom is -0.496 e. The van der Waals surface area contributed by atoms with E-state index >= 15 is 0 Å². The largest absolute Gasteiger partial charge is 0.496 e. The standard InChI is InChI=1S/C14H11BrN2O2S/c1-18-10-5-4-8(7-9(10)15)13-12(14(16)17-19-13)11-3-2-6-20-11/h2-7H,1H3,(H2,16,17). The molecule has 0 unspecified atom stereocenters. The summed E-state index contributed by atoms with van der Waals surface area (Å²) >= 11 is 5.07. The van der Waals surface area contributed by atoms with E-state index in [0.29, 0.717) is 11.6 Å². The van der Waals surface area contributed by atoms with E-state index in [4.69, 9.17) is 15.0 Å². The average Bonchev–Trinajstić information content (AvgIpc) is 3.07. The fourth-order valence-corrected chi connectivity index (χ4v) is 3.28. The van der Waals surface area contributed by atoms with Gasteiger partial charge in [0.05, 0.1) is 17.1 Å². The van der Waals surface area contributed by atoms with Gasteiger partial charge in [0.25, 0.3) is 0 Å². The third-order valence-electron chi connectivity index (χ3n) is 2.90. The number of hydrogen-bond acceptors (Lipinski definition) is 5. The van der Waals surface area contributed by atoms with Gasteiger partial charge in [-0.25, -0.2) is 0 Å². The summed E-state index contributed by atoms with van der Waals surface area (Å²) in [7, 11) is 1.63. The molecule has 0 spiro atoms. The molecule has 1 aromatic carbocycles. The maximum atomic E-state index is 5.93. The van der Waals surface area contributed by atoms with E-state index in [0.717, 1.165) is 26.2 Å². The average molecular weight is 351 g/mol. The molecule has 2 N–H and O–H groups in total. The third kappa shape index (κ3) is 2.21. The number of halogens is 1. The number of nitrogens with zero attached hydrogens (tertiary/aromatic N) is 1. The highest BCUT2D eigenvalue weighted by atomic mass is 79.9. The second kappa shape index (κ2) is 5.30. The molecule has 2 heterocycles. The van der Waals surface area contributed by atoms with Crippen LogP contribution < -0.4 is 10.5 Å². The normalized spacial score (nSPS) is 10.7. The first-order chi connectivity index (χ1) is 9.70. The molecule has 0 fully saturated rings. The minimum atomic E-state index is 0.398. The lowest BCUT2D eigenvalue weighted by molar-refractivity contribution is 0.412. The molecule has 3 rings (SSSR count). The van der Waals surface area contributed by atoms with E-state index in [1.807, 2.05) is 35.7 Å². The predicted octanol–water partition coefficient (Wildman–Crippen LogP) is 4.42. The topological polar surface area (TPSA) is 61.3 Å². The molecule has 3 aromatic rings. The zero-order valence-electron chi connectivity index (χ0n) is 10.6. The van der Waals surface area contributed by atoms with Crippen molar-refractivity contribution in [1.29, 1.82) is 0 Å². The number of anilines is 1. The molecule has 0 aliphatic rings. The molecule has 2 aromatic heterocycles. The Bertz CT molecular complexity index is 738. The summed E-state index contributed by atoms with van der Waals surface area (Å²) in [6.45, 7) is 0. The van der Waals surface area contributed by atoms with Gasteiger partial charge < -0.3 is 15.0 Å². The van der Waals surface area contributed by atoms with E-state index in [-0.39, 0.29) is 0 Å². The van der Waals surface area contributed by atoms with E-state index < -0.39 is 0 Å². The van der Waals surface area contributed by atoms with Gasteiger partial charge in [-0.2, -0.15) is 0 Å². The Morgan fingerprint density at radius 1 is 1.35 bits per heavy atom. The maximum Gasteiger partial charge on any atom is 0.177 e. The predicted molar refractivity (Wildman–Crippen MR) is 83.9 cm³/mol. The second-order valence-corrected chi connectivity index (χ2v) is 5.90. The summed E-state index contributed by atoms with van der Waals surface area (Å²) in [5, 5.41) is 5.88. The molecule has 0 aliphatic carbocycles. The van der Waals surface area contributed by atoms with Gasteiger partial charge in [0.2, 0.25) is 0 Å². The first-order valence-electron chi connectivity index (χ1n) is 5.83. The Hall–Kier alpha value is -1.79. The molecule has 4 nitrogen and oxygen atoms in total. The van der Waals surface area contributed by atoms with E-state index in [1.165, 1.54) is 0 Å². The van der Waals surface area contributed by atoms with Gasteiger partial charge in [-0.3, -0.25) is 0 Å². The number of ether oxygens (including phenoxy) is 1. The van der Waals surface area contributed by atoms with Crippen molar-refractivity contribution in [3.63, 3.8) is 0 Å². The molecule has 0 bridgehead atoms. The van der Waals surface area contributed by atoms with Gasteiger partial charge in [-0.05, 0) is 45.6 Å². The van der Waals surface area contributed by atoms with Crippen molar-refractivity contribution in [3.05, 3.63) is 40.2 Å². The smallest absolute Gasteiger partial charge is 0.177 e. The van der Waals surface area contributed by atoms with Crippen LogP contribution in [0.1, 0.15) is 0 Å². The quantitative estimate of drug-likeness (QED) is 0.759. The fourth-order valence-electron chi connectivity index (χ4n) is 1.97. The molecule has 20 heavy (non-hydrogen) atoms. The van der Waals surface area contributed by atoms with E-state index in [1.54, 1.807) is 18.4 Å². The van der Waals surface area contributed by atoms with Gasteiger partial charge in [0, 0.05) is 10.4 Å². The first kappa shape index (κ1) is 13.2. The lowest BCUT2D eigenvalue weighted by Crippen LogP contribution is -1.88. The Morgan fingerprint density at radius 2 is 2.20 bits per heavy atom. The van der Waals surface area contributed by atoms with Crippen LogP contribution in [0.25, 0.3) is 21.8 Å². The number of nitrogen functional groups attached to an aromatic ring is 1. The van der Waals surface area contributed by atoms with Crippen LogP contribution in [0, 0.1) is 0 Å².